The minimum atomic E-state index is -1.06. The number of amides is 1. The number of carbonyl (C=O) groups excluding carboxylic acids is 1. The maximum absolute atomic E-state index is 12.0. The van der Waals surface area contributed by atoms with Gasteiger partial charge in [-0.1, -0.05) is 6.92 Å². The van der Waals surface area contributed by atoms with Gasteiger partial charge in [-0.25, -0.2) is 14.3 Å². The summed E-state index contributed by atoms with van der Waals surface area (Å²) in [6.45, 7) is 3.50. The fraction of sp³-hybridized carbons (Fsp3) is 0.333. The van der Waals surface area contributed by atoms with E-state index in [0.717, 1.165) is 5.69 Å². The zero-order valence-corrected chi connectivity index (χ0v) is 10.6. The molecule has 7 nitrogen and oxygen atoms in total. The number of hydrogen-bond donors (Lipinski definition) is 2. The molecule has 0 bridgehead atoms. The highest BCUT2D eigenvalue weighted by Crippen LogP contribution is 2.09. The molecule has 1 unspecified atom stereocenters. The van der Waals surface area contributed by atoms with E-state index in [-0.39, 0.29) is 5.56 Å². The summed E-state index contributed by atoms with van der Waals surface area (Å²) in [5, 5.41) is 15.4. The van der Waals surface area contributed by atoms with Crippen molar-refractivity contribution >= 4 is 17.5 Å². The molecule has 0 radical (unpaired) electrons. The monoisotopic (exact) mass is 262 g/mol. The van der Waals surface area contributed by atoms with Crippen molar-refractivity contribution in [2.45, 2.75) is 26.3 Å². The number of rotatable bonds is 4. The molecule has 100 valence electrons. The lowest BCUT2D eigenvalue weighted by Gasteiger charge is -2.11. The Balaban J connectivity index is 2.31. The van der Waals surface area contributed by atoms with Crippen LogP contribution in [0.3, 0.4) is 0 Å². The van der Waals surface area contributed by atoms with E-state index in [1.165, 1.54) is 10.7 Å². The van der Waals surface area contributed by atoms with Gasteiger partial charge in [0.05, 0.1) is 6.20 Å². The number of nitrogens with zero attached hydrogens (tertiary/aromatic N) is 3. The van der Waals surface area contributed by atoms with Gasteiger partial charge in [-0.2, -0.15) is 5.10 Å². The lowest BCUT2D eigenvalue weighted by Crippen LogP contribution is -2.40. The Morgan fingerprint density at radius 3 is 2.89 bits per heavy atom. The van der Waals surface area contributed by atoms with Gasteiger partial charge in [-0.3, -0.25) is 4.79 Å². The third-order valence-electron chi connectivity index (χ3n) is 2.76. The standard InChI is InChI=1S/C12H14N4O3/c1-3-9(12(18)19)15-11(17)8-6-13-16-5-4-7(2)14-10(8)16/h4-6,9H,3H2,1-2H3,(H,15,17)(H,18,19). The number of hydrogen-bond acceptors (Lipinski definition) is 4. The first kappa shape index (κ1) is 13.0. The highest BCUT2D eigenvalue weighted by Gasteiger charge is 2.21. The third kappa shape index (κ3) is 2.54. The number of carboxylic acids is 1. The van der Waals surface area contributed by atoms with E-state index >= 15 is 0 Å². The van der Waals surface area contributed by atoms with Crippen LogP contribution in [0.15, 0.2) is 18.5 Å². The van der Waals surface area contributed by atoms with E-state index in [2.05, 4.69) is 15.4 Å². The summed E-state index contributed by atoms with van der Waals surface area (Å²) in [6.07, 6.45) is 3.39. The molecular formula is C12H14N4O3. The van der Waals surface area contributed by atoms with Gasteiger partial charge in [-0.05, 0) is 19.4 Å². The predicted octanol–water partition coefficient (Wildman–Crippen LogP) is 0.631. The van der Waals surface area contributed by atoms with Crippen LogP contribution in [0.25, 0.3) is 5.65 Å². The highest BCUT2D eigenvalue weighted by molar-refractivity contribution is 6.01. The molecule has 0 saturated carbocycles. The smallest absolute Gasteiger partial charge is 0.326 e. The van der Waals surface area contributed by atoms with Gasteiger partial charge in [0.2, 0.25) is 0 Å². The third-order valence-corrected chi connectivity index (χ3v) is 2.76. The minimum absolute atomic E-state index is 0.267. The van der Waals surface area contributed by atoms with E-state index in [9.17, 15) is 9.59 Å². The first-order chi connectivity index (χ1) is 9.02. The van der Waals surface area contributed by atoms with Crippen molar-refractivity contribution in [3.05, 3.63) is 29.7 Å². The van der Waals surface area contributed by atoms with E-state index in [1.807, 2.05) is 0 Å². The number of aliphatic carboxylic acids is 1. The highest BCUT2D eigenvalue weighted by atomic mass is 16.4. The molecule has 1 amide bonds. The molecule has 0 aliphatic heterocycles. The summed E-state index contributed by atoms with van der Waals surface area (Å²) in [7, 11) is 0. The van der Waals surface area contributed by atoms with Crippen molar-refractivity contribution in [1.82, 2.24) is 19.9 Å². The molecule has 2 N–H and O–H groups in total. The molecule has 7 heteroatoms. The molecule has 0 saturated heterocycles. The van der Waals surface area contributed by atoms with Gasteiger partial charge in [0.15, 0.2) is 5.65 Å². The number of fused-ring (bicyclic) bond motifs is 1. The van der Waals surface area contributed by atoms with Gasteiger partial charge in [-0.15, -0.1) is 0 Å². The Bertz CT molecular complexity index is 635. The van der Waals surface area contributed by atoms with Gasteiger partial charge in [0.1, 0.15) is 11.6 Å². The fourth-order valence-electron chi connectivity index (χ4n) is 1.69. The first-order valence-electron chi connectivity index (χ1n) is 5.87. The van der Waals surface area contributed by atoms with Crippen LogP contribution in [0.1, 0.15) is 29.4 Å². The van der Waals surface area contributed by atoms with E-state index < -0.39 is 17.9 Å². The van der Waals surface area contributed by atoms with Crippen molar-refractivity contribution in [3.63, 3.8) is 0 Å². The average molecular weight is 262 g/mol. The van der Waals surface area contributed by atoms with Crippen LogP contribution < -0.4 is 5.32 Å². The van der Waals surface area contributed by atoms with Crippen LogP contribution in [0, 0.1) is 6.92 Å². The zero-order valence-electron chi connectivity index (χ0n) is 10.6. The SMILES string of the molecule is CCC(NC(=O)c1cnn2ccc(C)nc12)C(=O)O. The average Bonchev–Trinajstić information content (AvgIpc) is 2.78. The quantitative estimate of drug-likeness (QED) is 0.842. The molecule has 2 aromatic rings. The maximum Gasteiger partial charge on any atom is 0.326 e. The Morgan fingerprint density at radius 2 is 2.26 bits per heavy atom. The number of aromatic nitrogens is 3. The maximum atomic E-state index is 12.0. The molecule has 0 spiro atoms. The van der Waals surface area contributed by atoms with Crippen molar-refractivity contribution < 1.29 is 14.7 Å². The normalized spacial score (nSPS) is 12.3. The molecule has 0 aromatic carbocycles. The molecule has 2 heterocycles. The summed E-state index contributed by atoms with van der Waals surface area (Å²) in [4.78, 5) is 27.2. The summed E-state index contributed by atoms with van der Waals surface area (Å²) in [5.74, 6) is -1.54. The largest absolute Gasteiger partial charge is 0.480 e. The first-order valence-corrected chi connectivity index (χ1v) is 5.87. The van der Waals surface area contributed by atoms with Gasteiger partial charge >= 0.3 is 5.97 Å². The lowest BCUT2D eigenvalue weighted by molar-refractivity contribution is -0.139. The summed E-state index contributed by atoms with van der Waals surface area (Å²) in [6, 6.07) is 0.862. The Morgan fingerprint density at radius 1 is 1.53 bits per heavy atom. The van der Waals surface area contributed by atoms with E-state index in [4.69, 9.17) is 5.11 Å². The Labute approximate surface area is 109 Å². The zero-order chi connectivity index (χ0) is 14.0. The number of aryl methyl sites for hydroxylation is 1. The number of nitrogens with one attached hydrogen (secondary N) is 1. The topological polar surface area (TPSA) is 96.6 Å². The molecular weight excluding hydrogens is 248 g/mol. The molecule has 19 heavy (non-hydrogen) atoms. The fourth-order valence-corrected chi connectivity index (χ4v) is 1.69. The Kier molecular flexibility index (Phi) is 3.46. The van der Waals surface area contributed by atoms with Crippen LogP contribution in [-0.2, 0) is 4.79 Å². The molecule has 0 aliphatic carbocycles. The summed E-state index contributed by atoms with van der Waals surface area (Å²) in [5.41, 5.74) is 1.44. The second-order valence-corrected chi connectivity index (χ2v) is 4.17. The second kappa shape index (κ2) is 5.05. The van der Waals surface area contributed by atoms with Gasteiger partial charge < -0.3 is 10.4 Å². The second-order valence-electron chi connectivity index (χ2n) is 4.17. The molecule has 2 aromatic heterocycles. The Hall–Kier alpha value is -2.44. The van der Waals surface area contributed by atoms with Crippen LogP contribution in [0.2, 0.25) is 0 Å². The lowest BCUT2D eigenvalue weighted by atomic mass is 10.2. The number of carboxylic acid groups (broad SMARTS) is 1. The van der Waals surface area contributed by atoms with Crippen LogP contribution >= 0.6 is 0 Å². The molecule has 0 aliphatic rings. The van der Waals surface area contributed by atoms with Crippen molar-refractivity contribution in [1.29, 1.82) is 0 Å². The molecule has 1 atom stereocenters. The van der Waals surface area contributed by atoms with E-state index in [1.54, 1.807) is 26.1 Å². The molecule has 2 rings (SSSR count). The van der Waals surface area contributed by atoms with Crippen LogP contribution in [0.5, 0.6) is 0 Å². The van der Waals surface area contributed by atoms with Gasteiger partial charge in [0.25, 0.3) is 5.91 Å². The number of carbonyl (C=O) groups is 2. The summed E-state index contributed by atoms with van der Waals surface area (Å²) < 4.78 is 1.48. The minimum Gasteiger partial charge on any atom is -0.480 e. The predicted molar refractivity (Wildman–Crippen MR) is 66.9 cm³/mol. The van der Waals surface area contributed by atoms with Crippen molar-refractivity contribution in [2.75, 3.05) is 0 Å². The van der Waals surface area contributed by atoms with Gasteiger partial charge in [0, 0.05) is 11.9 Å². The van der Waals surface area contributed by atoms with Crippen LogP contribution in [-0.4, -0.2) is 37.6 Å². The van der Waals surface area contributed by atoms with E-state index in [0.29, 0.717) is 12.1 Å². The summed E-state index contributed by atoms with van der Waals surface area (Å²) >= 11 is 0. The van der Waals surface area contributed by atoms with Crippen molar-refractivity contribution in [2.24, 2.45) is 0 Å². The molecule has 0 fully saturated rings. The van der Waals surface area contributed by atoms with Crippen LogP contribution in [0.4, 0.5) is 0 Å². The van der Waals surface area contributed by atoms with Crippen molar-refractivity contribution in [3.8, 4) is 0 Å².